The van der Waals surface area contributed by atoms with Crippen LogP contribution in [0.15, 0.2) is 42.5 Å². The fourth-order valence-corrected chi connectivity index (χ4v) is 2.17. The lowest BCUT2D eigenvalue weighted by atomic mass is 10.2. The second kappa shape index (κ2) is 7.71. The summed E-state index contributed by atoms with van der Waals surface area (Å²) >= 11 is 5.94. The molecule has 2 aromatic carbocycles. The summed E-state index contributed by atoms with van der Waals surface area (Å²) in [7, 11) is 1.62. The largest absolute Gasteiger partial charge is 0.497 e. The summed E-state index contributed by atoms with van der Waals surface area (Å²) < 4.78 is 5.15. The van der Waals surface area contributed by atoms with Gasteiger partial charge in [0.2, 0.25) is 5.91 Å². The van der Waals surface area contributed by atoms with E-state index >= 15 is 0 Å². The number of carbonyl (C=O) groups is 1. The molecule has 4 nitrogen and oxygen atoms in total. The van der Waals surface area contributed by atoms with E-state index in [0.717, 1.165) is 22.7 Å². The molecule has 0 spiro atoms. The van der Waals surface area contributed by atoms with Gasteiger partial charge in [0.25, 0.3) is 0 Å². The van der Waals surface area contributed by atoms with E-state index in [1.54, 1.807) is 19.2 Å². The van der Waals surface area contributed by atoms with Crippen LogP contribution in [0.5, 0.6) is 5.75 Å². The van der Waals surface area contributed by atoms with Crippen LogP contribution in [0.3, 0.4) is 0 Å². The zero-order valence-corrected chi connectivity index (χ0v) is 13.4. The van der Waals surface area contributed by atoms with E-state index in [1.807, 2.05) is 37.3 Å². The highest BCUT2D eigenvalue weighted by molar-refractivity contribution is 6.31. The van der Waals surface area contributed by atoms with Gasteiger partial charge in [0.05, 0.1) is 7.11 Å². The Kier molecular flexibility index (Phi) is 5.67. The van der Waals surface area contributed by atoms with Gasteiger partial charge < -0.3 is 15.4 Å². The third-order valence-electron chi connectivity index (χ3n) is 3.22. The number of hydrogen-bond donors (Lipinski definition) is 2. The first kappa shape index (κ1) is 16.2. The Morgan fingerprint density at radius 1 is 1.23 bits per heavy atom. The molecule has 1 amide bonds. The number of amides is 1. The van der Waals surface area contributed by atoms with Crippen LogP contribution in [-0.4, -0.2) is 19.6 Å². The summed E-state index contributed by atoms with van der Waals surface area (Å²) in [6, 6.07) is 13.0. The predicted octanol–water partition coefficient (Wildman–Crippen LogP) is 4.10. The predicted molar refractivity (Wildman–Crippen MR) is 90.9 cm³/mol. The van der Waals surface area contributed by atoms with Crippen LogP contribution in [0.1, 0.15) is 12.0 Å². The minimum Gasteiger partial charge on any atom is -0.497 e. The van der Waals surface area contributed by atoms with E-state index in [2.05, 4.69) is 10.6 Å². The van der Waals surface area contributed by atoms with Crippen molar-refractivity contribution in [1.29, 1.82) is 0 Å². The highest BCUT2D eigenvalue weighted by atomic mass is 35.5. The fourth-order valence-electron chi connectivity index (χ4n) is 1.99. The third kappa shape index (κ3) is 4.67. The molecular formula is C17H19ClN2O2. The lowest BCUT2D eigenvalue weighted by molar-refractivity contribution is -0.115. The van der Waals surface area contributed by atoms with Crippen molar-refractivity contribution >= 4 is 28.9 Å². The highest BCUT2D eigenvalue weighted by Crippen LogP contribution is 2.20. The minimum atomic E-state index is -0.0548. The molecule has 5 heteroatoms. The number of ether oxygens (including phenoxy) is 1. The second-order valence-electron chi connectivity index (χ2n) is 4.92. The van der Waals surface area contributed by atoms with Crippen LogP contribution in [0, 0.1) is 6.92 Å². The molecular weight excluding hydrogens is 300 g/mol. The van der Waals surface area contributed by atoms with Crippen molar-refractivity contribution in [2.75, 3.05) is 24.3 Å². The maximum absolute atomic E-state index is 12.0. The number of hydrogen-bond acceptors (Lipinski definition) is 3. The van der Waals surface area contributed by atoms with Gasteiger partial charge in [-0.3, -0.25) is 4.79 Å². The molecule has 116 valence electrons. The topological polar surface area (TPSA) is 50.4 Å². The Labute approximate surface area is 135 Å². The first-order chi connectivity index (χ1) is 10.6. The van der Waals surface area contributed by atoms with E-state index in [1.165, 1.54) is 0 Å². The quantitative estimate of drug-likeness (QED) is 0.843. The summed E-state index contributed by atoms with van der Waals surface area (Å²) in [5, 5.41) is 6.67. The SMILES string of the molecule is COc1cccc(NCCC(=O)Nc2cc(Cl)ccc2C)c1. The van der Waals surface area contributed by atoms with Crippen molar-refractivity contribution in [2.24, 2.45) is 0 Å². The molecule has 2 rings (SSSR count). The van der Waals surface area contributed by atoms with Crippen molar-refractivity contribution in [1.82, 2.24) is 0 Å². The smallest absolute Gasteiger partial charge is 0.226 e. The van der Waals surface area contributed by atoms with Crippen molar-refractivity contribution in [3.05, 3.63) is 53.1 Å². The Morgan fingerprint density at radius 2 is 2.05 bits per heavy atom. The lowest BCUT2D eigenvalue weighted by Crippen LogP contribution is -2.16. The first-order valence-corrected chi connectivity index (χ1v) is 7.40. The highest BCUT2D eigenvalue weighted by Gasteiger charge is 2.05. The van der Waals surface area contributed by atoms with E-state index in [9.17, 15) is 4.79 Å². The van der Waals surface area contributed by atoms with Gasteiger partial charge in [-0.1, -0.05) is 23.7 Å². The molecule has 0 aliphatic rings. The van der Waals surface area contributed by atoms with Gasteiger partial charge in [-0.25, -0.2) is 0 Å². The number of anilines is 2. The van der Waals surface area contributed by atoms with Crippen LogP contribution >= 0.6 is 11.6 Å². The number of methoxy groups -OCH3 is 1. The van der Waals surface area contributed by atoms with Gasteiger partial charge in [0, 0.05) is 35.4 Å². The van der Waals surface area contributed by atoms with E-state index in [-0.39, 0.29) is 5.91 Å². The molecule has 0 aliphatic heterocycles. The third-order valence-corrected chi connectivity index (χ3v) is 3.46. The van der Waals surface area contributed by atoms with Crippen molar-refractivity contribution in [3.63, 3.8) is 0 Å². The number of nitrogens with one attached hydrogen (secondary N) is 2. The normalized spacial score (nSPS) is 10.1. The van der Waals surface area contributed by atoms with Gasteiger partial charge in [-0.15, -0.1) is 0 Å². The summed E-state index contributed by atoms with van der Waals surface area (Å²) in [5.74, 6) is 0.727. The van der Waals surface area contributed by atoms with Crippen LogP contribution in [0.25, 0.3) is 0 Å². The first-order valence-electron chi connectivity index (χ1n) is 7.02. The molecule has 0 saturated heterocycles. The monoisotopic (exact) mass is 318 g/mol. The Hall–Kier alpha value is -2.20. The standard InChI is InChI=1S/C17H19ClN2O2/c1-12-6-7-13(18)10-16(12)20-17(21)8-9-19-14-4-3-5-15(11-14)22-2/h3-7,10-11,19H,8-9H2,1-2H3,(H,20,21). The number of benzene rings is 2. The second-order valence-corrected chi connectivity index (χ2v) is 5.35. The van der Waals surface area contributed by atoms with Crippen molar-refractivity contribution < 1.29 is 9.53 Å². The molecule has 0 saturated carbocycles. The van der Waals surface area contributed by atoms with Crippen LogP contribution < -0.4 is 15.4 Å². The molecule has 22 heavy (non-hydrogen) atoms. The maximum Gasteiger partial charge on any atom is 0.226 e. The maximum atomic E-state index is 12.0. The number of aryl methyl sites for hydroxylation is 1. The van der Waals surface area contributed by atoms with Crippen LogP contribution in [0.2, 0.25) is 5.02 Å². The summed E-state index contributed by atoms with van der Waals surface area (Å²) in [6.45, 7) is 2.47. The summed E-state index contributed by atoms with van der Waals surface area (Å²) in [4.78, 5) is 12.0. The Morgan fingerprint density at radius 3 is 2.82 bits per heavy atom. The van der Waals surface area contributed by atoms with Gasteiger partial charge in [-0.05, 0) is 36.8 Å². The summed E-state index contributed by atoms with van der Waals surface area (Å²) in [5.41, 5.74) is 2.66. The van der Waals surface area contributed by atoms with Gasteiger partial charge in [0.1, 0.15) is 5.75 Å². The molecule has 2 aromatic rings. The van der Waals surface area contributed by atoms with Crippen molar-refractivity contribution in [3.8, 4) is 5.75 Å². The number of carbonyl (C=O) groups excluding carboxylic acids is 1. The molecule has 2 N–H and O–H groups in total. The molecule has 0 atom stereocenters. The van der Waals surface area contributed by atoms with E-state index in [4.69, 9.17) is 16.3 Å². The lowest BCUT2D eigenvalue weighted by Gasteiger charge is -2.10. The molecule has 0 radical (unpaired) electrons. The minimum absolute atomic E-state index is 0.0548. The number of halogens is 1. The van der Waals surface area contributed by atoms with E-state index < -0.39 is 0 Å². The van der Waals surface area contributed by atoms with Gasteiger partial charge in [-0.2, -0.15) is 0 Å². The molecule has 0 unspecified atom stereocenters. The van der Waals surface area contributed by atoms with Gasteiger partial charge >= 0.3 is 0 Å². The van der Waals surface area contributed by atoms with Gasteiger partial charge in [0.15, 0.2) is 0 Å². The average Bonchev–Trinajstić information content (AvgIpc) is 2.51. The molecule has 0 bridgehead atoms. The molecule has 0 aliphatic carbocycles. The Balaban J connectivity index is 1.84. The fraction of sp³-hybridized carbons (Fsp3) is 0.235. The van der Waals surface area contributed by atoms with Crippen LogP contribution in [-0.2, 0) is 4.79 Å². The average molecular weight is 319 g/mol. The van der Waals surface area contributed by atoms with Crippen molar-refractivity contribution in [2.45, 2.75) is 13.3 Å². The zero-order chi connectivity index (χ0) is 15.9. The Bertz CT molecular complexity index is 659. The molecule has 0 fully saturated rings. The van der Waals surface area contributed by atoms with Crippen LogP contribution in [0.4, 0.5) is 11.4 Å². The number of rotatable bonds is 6. The zero-order valence-electron chi connectivity index (χ0n) is 12.7. The molecule has 0 aromatic heterocycles. The molecule has 0 heterocycles. The van der Waals surface area contributed by atoms with E-state index in [0.29, 0.717) is 18.0 Å². The summed E-state index contributed by atoms with van der Waals surface area (Å²) in [6.07, 6.45) is 0.364.